The van der Waals surface area contributed by atoms with Gasteiger partial charge in [-0.2, -0.15) is 0 Å². The van der Waals surface area contributed by atoms with Crippen molar-refractivity contribution in [3.05, 3.63) is 45.6 Å². The van der Waals surface area contributed by atoms with Crippen LogP contribution in [0.3, 0.4) is 0 Å². The number of hydrogen-bond donors (Lipinski definition) is 2. The van der Waals surface area contributed by atoms with Crippen molar-refractivity contribution in [1.82, 2.24) is 4.90 Å². The quantitative estimate of drug-likeness (QED) is 0.716. The smallest absolute Gasteiger partial charge is 0.290 e. The van der Waals surface area contributed by atoms with E-state index >= 15 is 0 Å². The molecular weight excluding hydrogens is 400 g/mol. The van der Waals surface area contributed by atoms with E-state index in [2.05, 4.69) is 15.9 Å². The number of Topliss-reactive ketones (excluding diaryl/α,β-unsaturated/α-hetero) is 1. The van der Waals surface area contributed by atoms with Crippen LogP contribution in [0.25, 0.3) is 0 Å². The Hall–Kier alpha value is -1.70. The number of rotatable bonds is 6. The van der Waals surface area contributed by atoms with E-state index in [4.69, 9.17) is 4.74 Å². The molecular formula is C19H24BrN2O4+. The number of morpholine rings is 1. The van der Waals surface area contributed by atoms with E-state index in [1.54, 1.807) is 4.90 Å². The second kappa shape index (κ2) is 8.33. The maximum absolute atomic E-state index is 12.6. The summed E-state index contributed by atoms with van der Waals surface area (Å²) in [5.74, 6) is -1.14. The van der Waals surface area contributed by atoms with Crippen LogP contribution in [0.2, 0.25) is 0 Å². The standard InChI is InChI=1S/C19H23BrN2O4/c1-13(23)16-17(14-3-5-15(20)6-4-14)22(19(25)18(16)24)8-2-7-21-9-11-26-12-10-21/h3-6,17,24H,2,7-12H2,1H3/p+1/t17-/m1/s1. The largest absolute Gasteiger partial charge is 0.503 e. The second-order valence-corrected chi connectivity index (χ2v) is 7.65. The number of nitrogens with one attached hydrogen (secondary N) is 1. The minimum atomic E-state index is -0.521. The average Bonchev–Trinajstić information content (AvgIpc) is 2.88. The first kappa shape index (κ1) is 19.1. The van der Waals surface area contributed by atoms with Gasteiger partial charge in [-0.1, -0.05) is 28.1 Å². The molecule has 2 N–H and O–H groups in total. The Balaban J connectivity index is 1.76. The molecule has 1 aromatic carbocycles. The summed E-state index contributed by atoms with van der Waals surface area (Å²) in [6.07, 6.45) is 0.812. The van der Waals surface area contributed by atoms with Crippen LogP contribution in [-0.2, 0) is 14.3 Å². The number of quaternary nitrogens is 1. The Morgan fingerprint density at radius 3 is 2.58 bits per heavy atom. The first-order valence-electron chi connectivity index (χ1n) is 8.91. The SMILES string of the molecule is CC(=O)C1=C(O)C(=O)N(CCC[NH+]2CCOCC2)[C@@H]1c1ccc(Br)cc1. The highest BCUT2D eigenvalue weighted by Crippen LogP contribution is 2.37. The van der Waals surface area contributed by atoms with E-state index in [1.807, 2.05) is 24.3 Å². The lowest BCUT2D eigenvalue weighted by atomic mass is 9.97. The molecule has 0 radical (unpaired) electrons. The van der Waals surface area contributed by atoms with Gasteiger partial charge in [0.1, 0.15) is 13.1 Å². The molecule has 0 spiro atoms. The van der Waals surface area contributed by atoms with Crippen LogP contribution in [0.5, 0.6) is 0 Å². The fourth-order valence-electron chi connectivity index (χ4n) is 3.64. The number of carbonyl (C=O) groups is 2. The van der Waals surface area contributed by atoms with Gasteiger partial charge in [-0.05, 0) is 24.6 Å². The number of amides is 1. The number of benzene rings is 1. The Bertz CT molecular complexity index is 711. The minimum Gasteiger partial charge on any atom is -0.503 e. The minimum absolute atomic E-state index is 0.191. The van der Waals surface area contributed by atoms with Crippen LogP contribution in [0.15, 0.2) is 40.1 Å². The number of halogens is 1. The molecule has 1 saturated heterocycles. The van der Waals surface area contributed by atoms with Gasteiger partial charge in [0.25, 0.3) is 5.91 Å². The third kappa shape index (κ3) is 4.00. The van der Waals surface area contributed by atoms with Crippen LogP contribution in [-0.4, -0.2) is 61.1 Å². The molecule has 2 heterocycles. The van der Waals surface area contributed by atoms with Gasteiger partial charge in [0.15, 0.2) is 11.5 Å². The lowest BCUT2D eigenvalue weighted by molar-refractivity contribution is -0.908. The van der Waals surface area contributed by atoms with Crippen LogP contribution >= 0.6 is 15.9 Å². The zero-order valence-corrected chi connectivity index (χ0v) is 16.4. The third-order valence-electron chi connectivity index (χ3n) is 5.00. The third-order valence-corrected chi connectivity index (χ3v) is 5.53. The summed E-state index contributed by atoms with van der Waals surface area (Å²) < 4.78 is 6.29. The lowest BCUT2D eigenvalue weighted by Gasteiger charge is -2.28. The van der Waals surface area contributed by atoms with E-state index in [-0.39, 0.29) is 11.4 Å². The van der Waals surface area contributed by atoms with Crippen molar-refractivity contribution < 1.29 is 24.3 Å². The summed E-state index contributed by atoms with van der Waals surface area (Å²) in [6.45, 7) is 6.35. The maximum Gasteiger partial charge on any atom is 0.290 e. The Morgan fingerprint density at radius 1 is 1.31 bits per heavy atom. The molecule has 2 aliphatic heterocycles. The van der Waals surface area contributed by atoms with Gasteiger partial charge in [-0.3, -0.25) is 9.59 Å². The Labute approximate surface area is 161 Å². The highest BCUT2D eigenvalue weighted by atomic mass is 79.9. The van der Waals surface area contributed by atoms with Gasteiger partial charge < -0.3 is 19.6 Å². The summed E-state index contributed by atoms with van der Waals surface area (Å²) >= 11 is 3.40. The number of ether oxygens (including phenoxy) is 1. The average molecular weight is 424 g/mol. The van der Waals surface area contributed by atoms with E-state index in [0.29, 0.717) is 6.54 Å². The van der Waals surface area contributed by atoms with Crippen molar-refractivity contribution in [2.24, 2.45) is 0 Å². The normalized spacial score (nSPS) is 21.5. The molecule has 140 valence electrons. The summed E-state index contributed by atoms with van der Waals surface area (Å²) in [6, 6.07) is 6.99. The van der Waals surface area contributed by atoms with Gasteiger partial charge in [-0.15, -0.1) is 0 Å². The number of ketones is 1. The molecule has 1 amide bonds. The Morgan fingerprint density at radius 2 is 1.96 bits per heavy atom. The van der Waals surface area contributed by atoms with Crippen molar-refractivity contribution >= 4 is 27.6 Å². The first-order valence-corrected chi connectivity index (χ1v) is 9.70. The molecule has 7 heteroatoms. The van der Waals surface area contributed by atoms with Crippen molar-refractivity contribution in [3.8, 4) is 0 Å². The molecule has 6 nitrogen and oxygen atoms in total. The van der Waals surface area contributed by atoms with Crippen LogP contribution < -0.4 is 4.90 Å². The van der Waals surface area contributed by atoms with Crippen LogP contribution in [0.4, 0.5) is 0 Å². The number of nitrogens with zero attached hydrogens (tertiary/aromatic N) is 1. The van der Waals surface area contributed by atoms with Gasteiger partial charge in [0.05, 0.1) is 31.4 Å². The molecule has 1 fully saturated rings. The van der Waals surface area contributed by atoms with E-state index < -0.39 is 17.7 Å². The topological polar surface area (TPSA) is 71.3 Å². The van der Waals surface area contributed by atoms with Crippen molar-refractivity contribution in [3.63, 3.8) is 0 Å². The van der Waals surface area contributed by atoms with E-state index in [9.17, 15) is 14.7 Å². The number of carbonyl (C=O) groups excluding carboxylic acids is 2. The Kier molecular flexibility index (Phi) is 6.11. The predicted octanol–water partition coefficient (Wildman–Crippen LogP) is 1.04. The predicted molar refractivity (Wildman–Crippen MR) is 99.9 cm³/mol. The van der Waals surface area contributed by atoms with Gasteiger partial charge >= 0.3 is 0 Å². The summed E-state index contributed by atoms with van der Waals surface area (Å²) in [7, 11) is 0. The molecule has 1 aromatic rings. The molecule has 3 rings (SSSR count). The zero-order chi connectivity index (χ0) is 18.7. The molecule has 0 aliphatic carbocycles. The summed E-state index contributed by atoms with van der Waals surface area (Å²) in [4.78, 5) is 27.8. The monoisotopic (exact) mass is 423 g/mol. The lowest BCUT2D eigenvalue weighted by Crippen LogP contribution is -3.14. The molecule has 0 unspecified atom stereocenters. The fraction of sp³-hybridized carbons (Fsp3) is 0.474. The van der Waals surface area contributed by atoms with Gasteiger partial charge in [0, 0.05) is 17.4 Å². The van der Waals surface area contributed by atoms with Crippen molar-refractivity contribution in [2.45, 2.75) is 19.4 Å². The molecule has 1 atom stereocenters. The number of aliphatic hydroxyl groups is 1. The van der Waals surface area contributed by atoms with Gasteiger partial charge in [-0.25, -0.2) is 0 Å². The summed E-state index contributed by atoms with van der Waals surface area (Å²) in [5, 5.41) is 10.3. The molecule has 0 saturated carbocycles. The fourth-order valence-corrected chi connectivity index (χ4v) is 3.91. The van der Waals surface area contributed by atoms with E-state index in [0.717, 1.165) is 49.3 Å². The molecule has 0 aromatic heterocycles. The highest BCUT2D eigenvalue weighted by molar-refractivity contribution is 9.10. The molecule has 26 heavy (non-hydrogen) atoms. The van der Waals surface area contributed by atoms with Crippen LogP contribution in [0, 0.1) is 0 Å². The molecule has 2 aliphatic rings. The van der Waals surface area contributed by atoms with E-state index in [1.165, 1.54) is 11.8 Å². The van der Waals surface area contributed by atoms with Crippen molar-refractivity contribution in [1.29, 1.82) is 0 Å². The zero-order valence-electron chi connectivity index (χ0n) is 14.8. The van der Waals surface area contributed by atoms with Crippen LogP contribution in [0.1, 0.15) is 24.9 Å². The van der Waals surface area contributed by atoms with Gasteiger partial charge in [0.2, 0.25) is 0 Å². The first-order chi connectivity index (χ1) is 12.5. The second-order valence-electron chi connectivity index (χ2n) is 6.74. The maximum atomic E-state index is 12.6. The highest BCUT2D eigenvalue weighted by Gasteiger charge is 2.42. The van der Waals surface area contributed by atoms with Crippen molar-refractivity contribution in [2.75, 3.05) is 39.4 Å². The summed E-state index contributed by atoms with van der Waals surface area (Å²) in [5.41, 5.74) is 1.02. The molecule has 0 bridgehead atoms. The number of hydrogen-bond acceptors (Lipinski definition) is 4. The number of aliphatic hydroxyl groups excluding tert-OH is 1.